The van der Waals surface area contributed by atoms with Crippen LogP contribution in [0.4, 0.5) is 14.6 Å². The lowest BCUT2D eigenvalue weighted by molar-refractivity contribution is -0.128. The number of amides is 1. The smallest absolute Gasteiger partial charge is 0.223 e. The normalized spacial score (nSPS) is 10.9. The molecule has 2 heterocycles. The van der Waals surface area contributed by atoms with Gasteiger partial charge in [-0.15, -0.1) is 0 Å². The summed E-state index contributed by atoms with van der Waals surface area (Å²) in [5, 5.41) is 3.78. The lowest BCUT2D eigenvalue weighted by Crippen LogP contribution is -2.24. The van der Waals surface area contributed by atoms with Gasteiger partial charge in [-0.3, -0.25) is 9.78 Å². The van der Waals surface area contributed by atoms with Crippen LogP contribution in [0.2, 0.25) is 0 Å². The van der Waals surface area contributed by atoms with Crippen molar-refractivity contribution in [2.24, 2.45) is 0 Å². The van der Waals surface area contributed by atoms with Gasteiger partial charge < -0.3 is 15.0 Å². The van der Waals surface area contributed by atoms with Gasteiger partial charge in [0.2, 0.25) is 5.91 Å². The van der Waals surface area contributed by atoms with Crippen molar-refractivity contribution in [3.8, 4) is 28.3 Å². The minimum absolute atomic E-state index is 0.0370. The summed E-state index contributed by atoms with van der Waals surface area (Å²) in [4.78, 5) is 27.0. The maximum Gasteiger partial charge on any atom is 0.223 e. The molecular weight excluding hydrogens is 440 g/mol. The Labute approximate surface area is 195 Å². The molecule has 9 heteroatoms. The van der Waals surface area contributed by atoms with Crippen LogP contribution in [-0.2, 0) is 4.79 Å². The molecule has 4 aromatic rings. The molecule has 1 amide bonds. The first-order chi connectivity index (χ1) is 16.4. The third-order valence-corrected chi connectivity index (χ3v) is 5.28. The van der Waals surface area contributed by atoms with Gasteiger partial charge in [0.05, 0.1) is 7.11 Å². The van der Waals surface area contributed by atoms with Crippen molar-refractivity contribution in [1.82, 2.24) is 19.9 Å². The van der Waals surface area contributed by atoms with Gasteiger partial charge in [-0.1, -0.05) is 0 Å². The van der Waals surface area contributed by atoms with Crippen molar-refractivity contribution >= 4 is 22.6 Å². The van der Waals surface area contributed by atoms with E-state index in [-0.39, 0.29) is 17.9 Å². The molecule has 0 aliphatic rings. The first kappa shape index (κ1) is 23.0. The highest BCUT2D eigenvalue weighted by Crippen LogP contribution is 2.36. The van der Waals surface area contributed by atoms with Crippen LogP contribution < -0.4 is 10.1 Å². The molecule has 0 radical (unpaired) electrons. The lowest BCUT2D eigenvalue weighted by Gasteiger charge is -2.16. The Morgan fingerprint density at radius 3 is 2.59 bits per heavy atom. The standard InChI is InChI=1S/C25H23F2N5O2/c1-32(2)22(33)8-10-29-25-19-11-16(18-7-6-17(26)13-20(18)27)12-21(34-3)23(19)30-24(31-25)15-5-4-9-28-14-15/h4-7,9,11-14H,8,10H2,1-3H3,(H,29,30,31). The number of anilines is 1. The zero-order chi connectivity index (χ0) is 24.2. The molecule has 2 aromatic heterocycles. The van der Waals surface area contributed by atoms with Crippen LogP contribution in [0.15, 0.2) is 54.9 Å². The third kappa shape index (κ3) is 4.78. The Bertz CT molecular complexity index is 1350. The maximum atomic E-state index is 14.5. The van der Waals surface area contributed by atoms with E-state index in [9.17, 15) is 13.6 Å². The second kappa shape index (κ2) is 9.78. The molecule has 174 valence electrons. The van der Waals surface area contributed by atoms with Gasteiger partial charge in [-0.2, -0.15) is 0 Å². The molecule has 7 nitrogen and oxygen atoms in total. The number of aromatic nitrogens is 3. The first-order valence-corrected chi connectivity index (χ1v) is 10.6. The summed E-state index contributed by atoms with van der Waals surface area (Å²) in [6.45, 7) is 0.326. The monoisotopic (exact) mass is 463 g/mol. The number of methoxy groups -OCH3 is 1. The summed E-state index contributed by atoms with van der Waals surface area (Å²) in [7, 11) is 4.88. The zero-order valence-electron chi connectivity index (χ0n) is 19.0. The maximum absolute atomic E-state index is 14.5. The second-order valence-electron chi connectivity index (χ2n) is 7.80. The molecule has 0 bridgehead atoms. The number of hydrogen-bond acceptors (Lipinski definition) is 6. The summed E-state index contributed by atoms with van der Waals surface area (Å²) < 4.78 is 33.6. The summed E-state index contributed by atoms with van der Waals surface area (Å²) in [6.07, 6.45) is 3.56. The minimum Gasteiger partial charge on any atom is -0.494 e. The number of nitrogens with one attached hydrogen (secondary N) is 1. The average Bonchev–Trinajstić information content (AvgIpc) is 2.83. The molecule has 0 aliphatic carbocycles. The van der Waals surface area contributed by atoms with Gasteiger partial charge in [0.1, 0.15) is 28.7 Å². The van der Waals surface area contributed by atoms with E-state index < -0.39 is 11.6 Å². The summed E-state index contributed by atoms with van der Waals surface area (Å²) >= 11 is 0. The van der Waals surface area contributed by atoms with Crippen molar-refractivity contribution in [2.75, 3.05) is 33.1 Å². The van der Waals surface area contributed by atoms with Crippen molar-refractivity contribution in [1.29, 1.82) is 0 Å². The molecule has 2 aromatic carbocycles. The van der Waals surface area contributed by atoms with Crippen molar-refractivity contribution in [2.45, 2.75) is 6.42 Å². The van der Waals surface area contributed by atoms with E-state index in [0.717, 1.165) is 6.07 Å². The van der Waals surface area contributed by atoms with Crippen LogP contribution in [0.1, 0.15) is 6.42 Å². The number of fused-ring (bicyclic) bond motifs is 1. The largest absolute Gasteiger partial charge is 0.494 e. The Morgan fingerprint density at radius 1 is 1.09 bits per heavy atom. The van der Waals surface area contributed by atoms with E-state index in [2.05, 4.69) is 20.3 Å². The highest BCUT2D eigenvalue weighted by molar-refractivity contribution is 5.98. The summed E-state index contributed by atoms with van der Waals surface area (Å²) in [5.74, 6) is -0.118. The van der Waals surface area contributed by atoms with Crippen LogP contribution in [0.25, 0.3) is 33.4 Å². The number of halogens is 2. The van der Waals surface area contributed by atoms with Crippen molar-refractivity contribution in [3.63, 3.8) is 0 Å². The van der Waals surface area contributed by atoms with Gasteiger partial charge in [-0.05, 0) is 42.0 Å². The Hall–Kier alpha value is -4.14. The molecule has 0 saturated heterocycles. The number of carbonyl (C=O) groups excluding carboxylic acids is 1. The van der Waals surface area contributed by atoms with Gasteiger partial charge in [-0.25, -0.2) is 18.7 Å². The van der Waals surface area contributed by atoms with Crippen LogP contribution in [0.5, 0.6) is 5.75 Å². The van der Waals surface area contributed by atoms with E-state index in [4.69, 9.17) is 4.74 Å². The van der Waals surface area contributed by atoms with Crippen molar-refractivity contribution < 1.29 is 18.3 Å². The van der Waals surface area contributed by atoms with E-state index in [1.165, 1.54) is 24.1 Å². The van der Waals surface area contributed by atoms with Crippen LogP contribution in [0.3, 0.4) is 0 Å². The second-order valence-corrected chi connectivity index (χ2v) is 7.80. The lowest BCUT2D eigenvalue weighted by atomic mass is 10.0. The summed E-state index contributed by atoms with van der Waals surface area (Å²) in [6, 6.07) is 10.4. The van der Waals surface area contributed by atoms with Crippen LogP contribution >= 0.6 is 0 Å². The van der Waals surface area contributed by atoms with E-state index in [1.807, 2.05) is 6.07 Å². The average molecular weight is 463 g/mol. The predicted octanol–water partition coefficient (Wildman–Crippen LogP) is 4.54. The minimum atomic E-state index is -0.694. The van der Waals surface area contributed by atoms with Crippen molar-refractivity contribution in [3.05, 3.63) is 66.5 Å². The quantitative estimate of drug-likeness (QED) is 0.434. The number of rotatable bonds is 7. The molecule has 4 rings (SSSR count). The topological polar surface area (TPSA) is 80.2 Å². The number of carbonyl (C=O) groups is 1. The predicted molar refractivity (Wildman–Crippen MR) is 126 cm³/mol. The molecular formula is C25H23F2N5O2. The highest BCUT2D eigenvalue weighted by atomic mass is 19.1. The zero-order valence-corrected chi connectivity index (χ0v) is 19.0. The summed E-state index contributed by atoms with van der Waals surface area (Å²) in [5.41, 5.74) is 1.90. The van der Waals surface area contributed by atoms with Gasteiger partial charge >= 0.3 is 0 Å². The molecule has 0 fully saturated rings. The van der Waals surface area contributed by atoms with Gasteiger partial charge in [0.25, 0.3) is 0 Å². The van der Waals surface area contributed by atoms with Crippen LogP contribution in [0, 0.1) is 11.6 Å². The number of pyridine rings is 1. The molecule has 0 atom stereocenters. The van der Waals surface area contributed by atoms with E-state index in [0.29, 0.717) is 46.0 Å². The molecule has 0 aliphatic heterocycles. The fourth-order valence-electron chi connectivity index (χ4n) is 3.51. The Kier molecular flexibility index (Phi) is 6.62. The molecule has 0 saturated carbocycles. The number of ether oxygens (including phenoxy) is 1. The Morgan fingerprint density at radius 2 is 1.91 bits per heavy atom. The fraction of sp³-hybridized carbons (Fsp3) is 0.200. The number of hydrogen-bond donors (Lipinski definition) is 1. The Balaban J connectivity index is 1.87. The van der Waals surface area contributed by atoms with E-state index >= 15 is 0 Å². The number of nitrogens with zero attached hydrogens (tertiary/aromatic N) is 4. The third-order valence-electron chi connectivity index (χ3n) is 5.28. The van der Waals surface area contributed by atoms with Crippen LogP contribution in [-0.4, -0.2) is 53.5 Å². The highest BCUT2D eigenvalue weighted by Gasteiger charge is 2.17. The first-order valence-electron chi connectivity index (χ1n) is 10.6. The SMILES string of the molecule is COc1cc(-c2ccc(F)cc2F)cc2c(NCCC(=O)N(C)C)nc(-c3cccnc3)nc12. The number of benzene rings is 2. The van der Waals surface area contributed by atoms with E-state index in [1.54, 1.807) is 44.7 Å². The molecule has 34 heavy (non-hydrogen) atoms. The van der Waals surface area contributed by atoms with Gasteiger partial charge in [0, 0.05) is 62.0 Å². The molecule has 0 unspecified atom stereocenters. The van der Waals surface area contributed by atoms with Gasteiger partial charge in [0.15, 0.2) is 5.82 Å². The molecule has 0 spiro atoms. The molecule has 1 N–H and O–H groups in total. The fourth-order valence-corrected chi connectivity index (χ4v) is 3.51.